The van der Waals surface area contributed by atoms with Crippen LogP contribution in [0.4, 0.5) is 0 Å². The topological polar surface area (TPSA) is 107 Å². The second kappa shape index (κ2) is 17.5. The number of hydrogen-bond donors (Lipinski definition) is 1. The summed E-state index contributed by atoms with van der Waals surface area (Å²) in [4.78, 5) is 26.0. The standard InChI is InChI=1S/C53H40O7S/c1-35-3-10-41(11-4-35)50-32-9-38(34-51(50)61(56,57)58)33-37-7-14-43(15-8-37)53(55)45-22-30-49(31-23-45)60-47-26-18-40(19-27-47)39-16-24-46(25-17-39)59-48-28-20-44(21-29-48)52(54)42-12-5-36(2)6-13-42/h3-32,34H,33H2,1-2H3,(H,56,57,58). The minimum absolute atomic E-state index is 0.0313. The van der Waals surface area contributed by atoms with Crippen LogP contribution < -0.4 is 9.47 Å². The lowest BCUT2D eigenvalue weighted by Crippen LogP contribution is -2.03. The molecule has 0 atom stereocenters. The fraction of sp³-hybridized carbons (Fsp3) is 0.0566. The summed E-state index contributed by atoms with van der Waals surface area (Å²) in [5.41, 5.74) is 9.16. The Hall–Kier alpha value is -7.39. The molecule has 0 amide bonds. The molecule has 0 aliphatic heterocycles. The molecule has 0 saturated heterocycles. The van der Waals surface area contributed by atoms with Gasteiger partial charge in [-0.3, -0.25) is 14.1 Å². The number of carbonyl (C=O) groups excluding carboxylic acids is 2. The molecule has 8 rings (SSSR count). The average Bonchev–Trinajstić information content (AvgIpc) is 3.27. The van der Waals surface area contributed by atoms with E-state index in [0.717, 1.165) is 27.8 Å². The van der Waals surface area contributed by atoms with Crippen LogP contribution >= 0.6 is 0 Å². The van der Waals surface area contributed by atoms with Gasteiger partial charge in [0.05, 0.1) is 0 Å². The minimum Gasteiger partial charge on any atom is -0.457 e. The average molecular weight is 821 g/mol. The fourth-order valence-corrected chi connectivity index (χ4v) is 7.73. The first-order valence-electron chi connectivity index (χ1n) is 19.6. The molecule has 8 aromatic rings. The molecule has 0 aliphatic carbocycles. The zero-order chi connectivity index (χ0) is 42.5. The zero-order valence-electron chi connectivity index (χ0n) is 33.4. The van der Waals surface area contributed by atoms with Gasteiger partial charge in [-0.2, -0.15) is 8.42 Å². The van der Waals surface area contributed by atoms with Crippen LogP contribution in [0.5, 0.6) is 23.0 Å². The molecule has 0 bridgehead atoms. The summed E-state index contributed by atoms with van der Waals surface area (Å²) in [7, 11) is -4.47. The van der Waals surface area contributed by atoms with Crippen LogP contribution in [-0.4, -0.2) is 24.5 Å². The summed E-state index contributed by atoms with van der Waals surface area (Å²) in [5, 5.41) is 0. The molecule has 8 aromatic carbocycles. The van der Waals surface area contributed by atoms with Crippen LogP contribution in [0, 0.1) is 13.8 Å². The van der Waals surface area contributed by atoms with Gasteiger partial charge < -0.3 is 9.47 Å². The smallest absolute Gasteiger partial charge is 0.295 e. The molecule has 0 spiro atoms. The lowest BCUT2D eigenvalue weighted by molar-refractivity contribution is 0.103. The van der Waals surface area contributed by atoms with Crippen molar-refractivity contribution in [2.24, 2.45) is 0 Å². The molecule has 0 heterocycles. The van der Waals surface area contributed by atoms with Crippen molar-refractivity contribution in [3.63, 3.8) is 0 Å². The van der Waals surface area contributed by atoms with E-state index in [9.17, 15) is 22.6 Å². The second-order valence-corrected chi connectivity index (χ2v) is 16.3. The number of benzene rings is 8. The summed E-state index contributed by atoms with van der Waals surface area (Å²) in [6.07, 6.45) is 0.413. The molecule has 0 unspecified atom stereocenters. The Morgan fingerprint density at radius 1 is 0.426 bits per heavy atom. The van der Waals surface area contributed by atoms with E-state index in [0.29, 0.717) is 68.4 Å². The third kappa shape index (κ3) is 9.74. The van der Waals surface area contributed by atoms with Gasteiger partial charge in [-0.15, -0.1) is 0 Å². The Morgan fingerprint density at radius 2 is 0.754 bits per heavy atom. The predicted octanol–water partition coefficient (Wildman–Crippen LogP) is 12.5. The highest BCUT2D eigenvalue weighted by molar-refractivity contribution is 7.86. The number of rotatable bonds is 13. The Balaban J connectivity index is 0.848. The normalized spacial score (nSPS) is 11.2. The molecule has 0 aromatic heterocycles. The Bertz CT molecular complexity index is 2940. The fourth-order valence-electron chi connectivity index (χ4n) is 6.96. The Labute approximate surface area is 355 Å². The van der Waals surface area contributed by atoms with E-state index in [2.05, 4.69) is 0 Å². The van der Waals surface area contributed by atoms with Crippen LogP contribution in [0.3, 0.4) is 0 Å². The largest absolute Gasteiger partial charge is 0.457 e. The lowest BCUT2D eigenvalue weighted by atomic mass is 9.97. The van der Waals surface area contributed by atoms with Crippen LogP contribution in [0.2, 0.25) is 0 Å². The van der Waals surface area contributed by atoms with E-state index in [1.165, 1.54) is 6.07 Å². The molecule has 0 fully saturated rings. The lowest BCUT2D eigenvalue weighted by Gasteiger charge is -2.11. The van der Waals surface area contributed by atoms with Gasteiger partial charge in [0.2, 0.25) is 0 Å². The van der Waals surface area contributed by atoms with Crippen LogP contribution in [0.1, 0.15) is 54.1 Å². The summed E-state index contributed by atoms with van der Waals surface area (Å²) in [6.45, 7) is 3.94. The summed E-state index contributed by atoms with van der Waals surface area (Å²) < 4.78 is 46.8. The van der Waals surface area contributed by atoms with Gasteiger partial charge >= 0.3 is 0 Å². The monoisotopic (exact) mass is 820 g/mol. The molecule has 7 nitrogen and oxygen atoms in total. The number of ketones is 2. The maximum absolute atomic E-state index is 13.4. The molecule has 1 N–H and O–H groups in total. The van der Waals surface area contributed by atoms with Crippen molar-refractivity contribution < 1.29 is 32.0 Å². The van der Waals surface area contributed by atoms with Crippen molar-refractivity contribution in [2.45, 2.75) is 25.2 Å². The zero-order valence-corrected chi connectivity index (χ0v) is 34.2. The number of ether oxygens (including phenoxy) is 2. The summed E-state index contributed by atoms with van der Waals surface area (Å²) >= 11 is 0. The van der Waals surface area contributed by atoms with E-state index < -0.39 is 10.1 Å². The predicted molar refractivity (Wildman–Crippen MR) is 239 cm³/mol. The van der Waals surface area contributed by atoms with E-state index in [1.807, 2.05) is 129 Å². The molecule has 300 valence electrons. The maximum atomic E-state index is 13.4. The molecular weight excluding hydrogens is 781 g/mol. The van der Waals surface area contributed by atoms with Gasteiger partial charge in [0.25, 0.3) is 10.1 Å². The maximum Gasteiger partial charge on any atom is 0.295 e. The van der Waals surface area contributed by atoms with Crippen molar-refractivity contribution >= 4 is 21.7 Å². The Kier molecular flexibility index (Phi) is 11.6. The van der Waals surface area contributed by atoms with Crippen LogP contribution in [-0.2, 0) is 16.5 Å². The number of aryl methyl sites for hydroxylation is 2. The summed E-state index contributed by atoms with van der Waals surface area (Å²) in [5.74, 6) is 2.38. The molecule has 61 heavy (non-hydrogen) atoms. The number of hydrogen-bond acceptors (Lipinski definition) is 6. The highest BCUT2D eigenvalue weighted by Gasteiger charge is 2.18. The van der Waals surface area contributed by atoms with Gasteiger partial charge in [0, 0.05) is 27.8 Å². The van der Waals surface area contributed by atoms with Crippen LogP contribution in [0.15, 0.2) is 193 Å². The van der Waals surface area contributed by atoms with Crippen molar-refractivity contribution in [1.82, 2.24) is 0 Å². The Morgan fingerprint density at radius 3 is 1.16 bits per heavy atom. The van der Waals surface area contributed by atoms with Crippen molar-refractivity contribution in [1.29, 1.82) is 0 Å². The molecular formula is C53H40O7S. The van der Waals surface area contributed by atoms with E-state index >= 15 is 0 Å². The van der Waals surface area contributed by atoms with Crippen molar-refractivity contribution in [2.75, 3.05) is 0 Å². The second-order valence-electron chi connectivity index (χ2n) is 14.9. The quantitative estimate of drug-likeness (QED) is 0.0911. The summed E-state index contributed by atoms with van der Waals surface area (Å²) in [6, 6.07) is 56.9. The van der Waals surface area contributed by atoms with E-state index in [4.69, 9.17) is 9.47 Å². The minimum atomic E-state index is -4.47. The first-order valence-corrected chi connectivity index (χ1v) is 21.1. The molecule has 8 heteroatoms. The van der Waals surface area contributed by atoms with E-state index in [-0.39, 0.29) is 16.5 Å². The highest BCUT2D eigenvalue weighted by atomic mass is 32.2. The highest BCUT2D eigenvalue weighted by Crippen LogP contribution is 2.31. The third-order valence-electron chi connectivity index (χ3n) is 10.4. The van der Waals surface area contributed by atoms with Gasteiger partial charge in [0.15, 0.2) is 11.6 Å². The van der Waals surface area contributed by atoms with Crippen molar-refractivity contribution in [3.8, 4) is 45.3 Å². The first-order chi connectivity index (χ1) is 29.4. The SMILES string of the molecule is Cc1ccc(C(=O)c2ccc(Oc3ccc(-c4ccc(Oc5ccc(C(=O)c6ccc(Cc7ccc(-c8ccc(C)cc8)c(S(=O)(=O)O)c7)cc6)cc5)cc4)cc3)cc2)cc1. The van der Waals surface area contributed by atoms with Crippen LogP contribution in [0.25, 0.3) is 22.3 Å². The van der Waals surface area contributed by atoms with Crippen molar-refractivity contribution in [3.05, 3.63) is 233 Å². The van der Waals surface area contributed by atoms with Gasteiger partial charge in [-0.05, 0) is 127 Å². The van der Waals surface area contributed by atoms with Gasteiger partial charge in [-0.25, -0.2) is 0 Å². The molecule has 0 saturated carbocycles. The molecule has 0 aliphatic rings. The van der Waals surface area contributed by atoms with E-state index in [1.54, 1.807) is 66.7 Å². The van der Waals surface area contributed by atoms with Gasteiger partial charge in [0.1, 0.15) is 27.9 Å². The van der Waals surface area contributed by atoms with Gasteiger partial charge in [-0.1, -0.05) is 120 Å². The first kappa shape index (κ1) is 40.4. The molecule has 0 radical (unpaired) electrons. The third-order valence-corrected chi connectivity index (χ3v) is 11.3. The number of carbonyl (C=O) groups is 2.